The van der Waals surface area contributed by atoms with Crippen molar-refractivity contribution in [3.05, 3.63) is 32.6 Å². The third-order valence-corrected chi connectivity index (χ3v) is 4.06. The predicted molar refractivity (Wildman–Crippen MR) is 80.4 cm³/mol. The highest BCUT2D eigenvalue weighted by atomic mass is 35.5. The molecule has 3 N–H and O–H groups in total. The zero-order chi connectivity index (χ0) is 14.2. The fourth-order valence-electron chi connectivity index (χ4n) is 2.14. The average molecular weight is 298 g/mol. The smallest absolute Gasteiger partial charge is 0.137 e. The number of nitrogens with zero attached hydrogens (tertiary/aromatic N) is 3. The van der Waals surface area contributed by atoms with Gasteiger partial charge in [-0.25, -0.2) is 0 Å². The summed E-state index contributed by atoms with van der Waals surface area (Å²) in [5, 5.41) is 12.0. The highest BCUT2D eigenvalue weighted by molar-refractivity contribution is 7.16. The maximum atomic E-state index is 7.69. The number of nitrogen functional groups attached to an aromatic ring is 1. The number of hydrogen-bond acceptors (Lipinski definition) is 4. The van der Waals surface area contributed by atoms with Gasteiger partial charge in [-0.3, -0.25) is 10.1 Å². The van der Waals surface area contributed by atoms with Gasteiger partial charge in [0.1, 0.15) is 11.7 Å². The molecule has 19 heavy (non-hydrogen) atoms. The zero-order valence-electron chi connectivity index (χ0n) is 11.1. The Morgan fingerprint density at radius 1 is 1.58 bits per heavy atom. The molecule has 0 unspecified atom stereocenters. The molecule has 0 saturated carbocycles. The van der Waals surface area contributed by atoms with Gasteiger partial charge in [-0.1, -0.05) is 11.6 Å². The Kier molecular flexibility index (Phi) is 3.82. The second kappa shape index (κ2) is 5.22. The number of hydrogen-bond donors (Lipinski definition) is 2. The highest BCUT2D eigenvalue weighted by Crippen LogP contribution is 2.27. The van der Waals surface area contributed by atoms with Crippen molar-refractivity contribution in [3.63, 3.8) is 0 Å². The number of nitrogens with one attached hydrogen (secondary N) is 1. The zero-order valence-corrected chi connectivity index (χ0v) is 12.6. The van der Waals surface area contributed by atoms with E-state index in [2.05, 4.69) is 5.10 Å². The van der Waals surface area contributed by atoms with Gasteiger partial charge in [0, 0.05) is 19.0 Å². The Bertz CT molecular complexity index is 616. The van der Waals surface area contributed by atoms with Crippen LogP contribution in [0, 0.1) is 12.3 Å². The van der Waals surface area contributed by atoms with E-state index in [1.165, 1.54) is 0 Å². The van der Waals surface area contributed by atoms with Crippen molar-refractivity contribution < 1.29 is 0 Å². The standard InChI is InChI=1S/C12H16ClN5S/c1-7-10(11(14)15)12(18(3)16-7)17(2)6-8-4-5-9(13)19-8/h4-5H,6H2,1-3H3,(H3,14,15). The average Bonchev–Trinajstić information content (AvgIpc) is 2.82. The molecule has 0 aliphatic heterocycles. The molecule has 0 aliphatic rings. The first-order chi connectivity index (χ1) is 8.90. The molecule has 0 radical (unpaired) electrons. The van der Waals surface area contributed by atoms with Gasteiger partial charge in [-0.2, -0.15) is 5.10 Å². The lowest BCUT2D eigenvalue weighted by Gasteiger charge is -2.20. The van der Waals surface area contributed by atoms with Crippen LogP contribution in [-0.4, -0.2) is 22.7 Å². The van der Waals surface area contributed by atoms with Crippen LogP contribution in [0.2, 0.25) is 4.34 Å². The summed E-state index contributed by atoms with van der Waals surface area (Å²) in [7, 11) is 3.81. The number of aromatic nitrogens is 2. The molecule has 2 aromatic heterocycles. The molecule has 2 heterocycles. The molecule has 0 fully saturated rings. The van der Waals surface area contributed by atoms with Crippen LogP contribution in [0.1, 0.15) is 16.1 Å². The van der Waals surface area contributed by atoms with E-state index in [0.717, 1.165) is 20.7 Å². The molecule has 0 bridgehead atoms. The van der Waals surface area contributed by atoms with Crippen LogP contribution in [0.25, 0.3) is 0 Å². The van der Waals surface area contributed by atoms with E-state index in [9.17, 15) is 0 Å². The van der Waals surface area contributed by atoms with E-state index >= 15 is 0 Å². The molecule has 0 amide bonds. The molecule has 5 nitrogen and oxygen atoms in total. The first-order valence-electron chi connectivity index (χ1n) is 5.73. The number of nitrogens with two attached hydrogens (primary N) is 1. The van der Waals surface area contributed by atoms with Crippen LogP contribution in [0.15, 0.2) is 12.1 Å². The monoisotopic (exact) mass is 297 g/mol. The molecule has 0 aromatic carbocycles. The van der Waals surface area contributed by atoms with Gasteiger partial charge >= 0.3 is 0 Å². The van der Waals surface area contributed by atoms with Crippen LogP contribution in [0.4, 0.5) is 5.82 Å². The fraction of sp³-hybridized carbons (Fsp3) is 0.333. The van der Waals surface area contributed by atoms with Crippen LogP contribution < -0.4 is 10.6 Å². The van der Waals surface area contributed by atoms with Crippen molar-refractivity contribution in [1.29, 1.82) is 5.41 Å². The first kappa shape index (κ1) is 13.9. The largest absolute Gasteiger partial charge is 0.384 e. The van der Waals surface area contributed by atoms with Crippen molar-refractivity contribution in [3.8, 4) is 0 Å². The van der Waals surface area contributed by atoms with E-state index in [1.807, 2.05) is 38.1 Å². The van der Waals surface area contributed by atoms with Crippen molar-refractivity contribution in [2.24, 2.45) is 12.8 Å². The van der Waals surface area contributed by atoms with E-state index < -0.39 is 0 Å². The van der Waals surface area contributed by atoms with Crippen molar-refractivity contribution in [1.82, 2.24) is 9.78 Å². The normalized spacial score (nSPS) is 10.7. The molecule has 2 aromatic rings. The summed E-state index contributed by atoms with van der Waals surface area (Å²) in [5.74, 6) is 0.881. The topological polar surface area (TPSA) is 70.9 Å². The summed E-state index contributed by atoms with van der Waals surface area (Å²) in [6, 6.07) is 3.88. The molecule has 102 valence electrons. The summed E-state index contributed by atoms with van der Waals surface area (Å²) in [6.45, 7) is 2.56. The van der Waals surface area contributed by atoms with Crippen molar-refractivity contribution >= 4 is 34.6 Å². The Morgan fingerprint density at radius 2 is 2.26 bits per heavy atom. The summed E-state index contributed by atoms with van der Waals surface area (Å²) in [5.41, 5.74) is 7.10. The van der Waals surface area contributed by atoms with Gasteiger partial charge in [-0.05, 0) is 19.1 Å². The molecule has 0 atom stereocenters. The minimum atomic E-state index is 0.0386. The van der Waals surface area contributed by atoms with E-state index in [1.54, 1.807) is 16.0 Å². The van der Waals surface area contributed by atoms with Gasteiger partial charge in [0.2, 0.25) is 0 Å². The number of aryl methyl sites for hydroxylation is 2. The van der Waals surface area contributed by atoms with Gasteiger partial charge in [-0.15, -0.1) is 11.3 Å². The lowest BCUT2D eigenvalue weighted by Crippen LogP contribution is -2.23. The van der Waals surface area contributed by atoms with Gasteiger partial charge in [0.15, 0.2) is 0 Å². The maximum Gasteiger partial charge on any atom is 0.137 e. The van der Waals surface area contributed by atoms with Crippen LogP contribution >= 0.6 is 22.9 Å². The molecule has 0 aliphatic carbocycles. The second-order valence-corrected chi connectivity index (χ2v) is 6.18. The lowest BCUT2D eigenvalue weighted by molar-refractivity contribution is 0.728. The summed E-state index contributed by atoms with van der Waals surface area (Å²) < 4.78 is 2.53. The number of anilines is 1. The second-order valence-electron chi connectivity index (χ2n) is 4.38. The Morgan fingerprint density at radius 3 is 2.79 bits per heavy atom. The number of thiophene rings is 1. The molecular weight excluding hydrogens is 282 g/mol. The summed E-state index contributed by atoms with van der Waals surface area (Å²) in [4.78, 5) is 3.18. The van der Waals surface area contributed by atoms with Crippen LogP contribution in [-0.2, 0) is 13.6 Å². The SMILES string of the molecule is Cc1nn(C)c(N(C)Cc2ccc(Cl)s2)c1C(=N)N. The van der Waals surface area contributed by atoms with Gasteiger partial charge < -0.3 is 10.6 Å². The maximum absolute atomic E-state index is 7.69. The van der Waals surface area contributed by atoms with Crippen molar-refractivity contribution in [2.75, 3.05) is 11.9 Å². The first-order valence-corrected chi connectivity index (χ1v) is 6.93. The molecule has 0 saturated heterocycles. The summed E-state index contributed by atoms with van der Waals surface area (Å²) >= 11 is 7.48. The Hall–Kier alpha value is -1.53. The minimum absolute atomic E-state index is 0.0386. The Balaban J connectivity index is 2.33. The summed E-state index contributed by atoms with van der Waals surface area (Å²) in [6.07, 6.45) is 0. The molecular formula is C12H16ClN5S. The number of halogens is 1. The van der Waals surface area contributed by atoms with Crippen molar-refractivity contribution in [2.45, 2.75) is 13.5 Å². The van der Waals surface area contributed by atoms with Gasteiger partial charge in [0.05, 0.1) is 22.1 Å². The van der Waals surface area contributed by atoms with Gasteiger partial charge in [0.25, 0.3) is 0 Å². The lowest BCUT2D eigenvalue weighted by atomic mass is 10.2. The number of amidine groups is 1. The third kappa shape index (κ3) is 2.74. The van der Waals surface area contributed by atoms with E-state index in [0.29, 0.717) is 12.1 Å². The molecule has 0 spiro atoms. The van der Waals surface area contributed by atoms with Crippen LogP contribution in [0.3, 0.4) is 0 Å². The third-order valence-electron chi connectivity index (χ3n) is 2.84. The fourth-order valence-corrected chi connectivity index (χ4v) is 3.29. The number of rotatable bonds is 4. The molecule has 2 rings (SSSR count). The highest BCUT2D eigenvalue weighted by Gasteiger charge is 2.19. The quantitative estimate of drug-likeness (QED) is 0.672. The minimum Gasteiger partial charge on any atom is -0.384 e. The predicted octanol–water partition coefficient (Wildman–Crippen LogP) is 2.36. The Labute approximate surface area is 121 Å². The van der Waals surface area contributed by atoms with E-state index in [-0.39, 0.29) is 5.84 Å². The van der Waals surface area contributed by atoms with Crippen LogP contribution in [0.5, 0.6) is 0 Å². The molecule has 7 heteroatoms. The van der Waals surface area contributed by atoms with E-state index in [4.69, 9.17) is 22.7 Å².